The van der Waals surface area contributed by atoms with Crippen LogP contribution in [0, 0.1) is 11.3 Å². The molecule has 0 radical (unpaired) electrons. The van der Waals surface area contributed by atoms with E-state index >= 15 is 0 Å². The minimum Gasteiger partial charge on any atom is -0.379 e. The lowest BCUT2D eigenvalue weighted by Gasteiger charge is -2.29. The van der Waals surface area contributed by atoms with E-state index in [2.05, 4.69) is 23.2 Å². The first kappa shape index (κ1) is 13.5. The highest BCUT2D eigenvalue weighted by atomic mass is 32.1. The summed E-state index contributed by atoms with van der Waals surface area (Å²) in [6.07, 6.45) is 0. The maximum absolute atomic E-state index is 8.77. The predicted octanol–water partition coefficient (Wildman–Crippen LogP) is 1.43. The number of nitriles is 1. The molecule has 1 atom stereocenters. The first-order chi connectivity index (χ1) is 8.78. The molecule has 98 valence electrons. The summed E-state index contributed by atoms with van der Waals surface area (Å²) in [6.45, 7) is 7.87. The van der Waals surface area contributed by atoms with Crippen molar-refractivity contribution in [2.45, 2.75) is 19.5 Å². The number of nitrogens with one attached hydrogen (secondary N) is 1. The normalized spacial score (nSPS) is 18.4. The van der Waals surface area contributed by atoms with Crippen molar-refractivity contribution in [3.63, 3.8) is 0 Å². The SMILES string of the molecule is CC(CN1CCOCC1)NCc1ccc(C#N)s1. The highest BCUT2D eigenvalue weighted by Gasteiger charge is 2.13. The molecule has 1 fully saturated rings. The molecule has 1 aliphatic heterocycles. The van der Waals surface area contributed by atoms with Gasteiger partial charge in [-0.2, -0.15) is 5.26 Å². The van der Waals surface area contributed by atoms with Crippen LogP contribution in [0.15, 0.2) is 12.1 Å². The van der Waals surface area contributed by atoms with E-state index in [-0.39, 0.29) is 0 Å². The van der Waals surface area contributed by atoms with Crippen LogP contribution in [0.3, 0.4) is 0 Å². The maximum Gasteiger partial charge on any atom is 0.110 e. The molecule has 1 saturated heterocycles. The zero-order valence-corrected chi connectivity index (χ0v) is 11.5. The standard InChI is InChI=1S/C13H19N3OS/c1-11(10-16-4-6-17-7-5-16)15-9-13-3-2-12(8-14)18-13/h2-3,11,15H,4-7,9-10H2,1H3. The van der Waals surface area contributed by atoms with Gasteiger partial charge in [0.15, 0.2) is 0 Å². The number of hydrogen-bond acceptors (Lipinski definition) is 5. The van der Waals surface area contributed by atoms with Gasteiger partial charge in [-0.1, -0.05) is 0 Å². The molecule has 5 heteroatoms. The van der Waals surface area contributed by atoms with Crippen LogP contribution in [-0.2, 0) is 11.3 Å². The summed E-state index contributed by atoms with van der Waals surface area (Å²) in [6, 6.07) is 6.53. The first-order valence-electron chi connectivity index (χ1n) is 6.30. The van der Waals surface area contributed by atoms with Crippen molar-refractivity contribution in [3.8, 4) is 6.07 Å². The number of hydrogen-bond donors (Lipinski definition) is 1. The Labute approximate surface area is 112 Å². The molecular weight excluding hydrogens is 246 g/mol. The summed E-state index contributed by atoms with van der Waals surface area (Å²) in [5.41, 5.74) is 0. The van der Waals surface area contributed by atoms with Crippen molar-refractivity contribution >= 4 is 11.3 Å². The van der Waals surface area contributed by atoms with Crippen LogP contribution < -0.4 is 5.32 Å². The summed E-state index contributed by atoms with van der Waals surface area (Å²) >= 11 is 1.56. The monoisotopic (exact) mass is 265 g/mol. The van der Waals surface area contributed by atoms with Crippen LogP contribution >= 0.6 is 11.3 Å². The zero-order chi connectivity index (χ0) is 12.8. The topological polar surface area (TPSA) is 48.3 Å². The molecule has 2 rings (SSSR count). The van der Waals surface area contributed by atoms with Crippen LogP contribution in [0.4, 0.5) is 0 Å². The summed E-state index contributed by atoms with van der Waals surface area (Å²) in [7, 11) is 0. The van der Waals surface area contributed by atoms with Gasteiger partial charge in [0, 0.05) is 37.1 Å². The summed E-state index contributed by atoms with van der Waals surface area (Å²) in [4.78, 5) is 4.43. The van der Waals surface area contributed by atoms with E-state index in [0.717, 1.165) is 44.3 Å². The first-order valence-corrected chi connectivity index (χ1v) is 7.12. The summed E-state index contributed by atoms with van der Waals surface area (Å²) in [5, 5.41) is 12.3. The molecule has 0 spiro atoms. The fourth-order valence-corrected chi connectivity index (χ4v) is 2.80. The lowest BCUT2D eigenvalue weighted by Crippen LogP contribution is -2.44. The third-order valence-corrected chi connectivity index (χ3v) is 4.02. The van der Waals surface area contributed by atoms with Gasteiger partial charge in [0.1, 0.15) is 10.9 Å². The van der Waals surface area contributed by atoms with E-state index < -0.39 is 0 Å². The van der Waals surface area contributed by atoms with Crippen molar-refractivity contribution in [2.75, 3.05) is 32.8 Å². The molecule has 0 aliphatic carbocycles. The second-order valence-electron chi connectivity index (χ2n) is 4.57. The van der Waals surface area contributed by atoms with Gasteiger partial charge in [0.2, 0.25) is 0 Å². The highest BCUT2D eigenvalue weighted by molar-refractivity contribution is 7.12. The fraction of sp³-hybridized carbons (Fsp3) is 0.615. The quantitative estimate of drug-likeness (QED) is 0.875. The Bertz CT molecular complexity index is 407. The molecule has 1 unspecified atom stereocenters. The molecule has 0 bridgehead atoms. The Balaban J connectivity index is 1.70. The lowest BCUT2D eigenvalue weighted by molar-refractivity contribution is 0.0343. The predicted molar refractivity (Wildman–Crippen MR) is 72.6 cm³/mol. The van der Waals surface area contributed by atoms with E-state index in [1.165, 1.54) is 4.88 Å². The molecule has 0 saturated carbocycles. The molecule has 4 nitrogen and oxygen atoms in total. The Kier molecular flexibility index (Phi) is 5.14. The van der Waals surface area contributed by atoms with Gasteiger partial charge in [-0.3, -0.25) is 4.90 Å². The van der Waals surface area contributed by atoms with Gasteiger partial charge in [0.05, 0.1) is 13.2 Å². The third kappa shape index (κ3) is 4.07. The molecule has 1 aromatic rings. The number of rotatable bonds is 5. The van der Waals surface area contributed by atoms with Gasteiger partial charge >= 0.3 is 0 Å². The van der Waals surface area contributed by atoms with Crippen molar-refractivity contribution in [1.29, 1.82) is 5.26 Å². The lowest BCUT2D eigenvalue weighted by atomic mass is 10.3. The second-order valence-corrected chi connectivity index (χ2v) is 5.74. The molecular formula is C13H19N3OS. The van der Waals surface area contributed by atoms with E-state index in [0.29, 0.717) is 6.04 Å². The van der Waals surface area contributed by atoms with Crippen molar-refractivity contribution in [3.05, 3.63) is 21.9 Å². The molecule has 1 aromatic heterocycles. The molecule has 0 aromatic carbocycles. The third-order valence-electron chi connectivity index (χ3n) is 3.03. The van der Waals surface area contributed by atoms with Crippen molar-refractivity contribution < 1.29 is 4.74 Å². The fourth-order valence-electron chi connectivity index (χ4n) is 2.04. The second kappa shape index (κ2) is 6.86. The van der Waals surface area contributed by atoms with Gasteiger partial charge in [-0.25, -0.2) is 0 Å². The van der Waals surface area contributed by atoms with Gasteiger partial charge in [0.25, 0.3) is 0 Å². The smallest absolute Gasteiger partial charge is 0.110 e. The number of ether oxygens (including phenoxy) is 1. The van der Waals surface area contributed by atoms with Crippen molar-refractivity contribution in [2.24, 2.45) is 0 Å². The maximum atomic E-state index is 8.77. The molecule has 1 aliphatic rings. The summed E-state index contributed by atoms with van der Waals surface area (Å²) < 4.78 is 5.33. The average molecular weight is 265 g/mol. The number of morpholine rings is 1. The van der Waals surface area contributed by atoms with Crippen LogP contribution in [0.1, 0.15) is 16.7 Å². The summed E-state index contributed by atoms with van der Waals surface area (Å²) in [5.74, 6) is 0. The average Bonchev–Trinajstić information content (AvgIpc) is 2.85. The Hall–Kier alpha value is -0.930. The Morgan fingerprint density at radius 3 is 2.94 bits per heavy atom. The van der Waals surface area contributed by atoms with Crippen LogP contribution in [0.5, 0.6) is 0 Å². The minimum absolute atomic E-state index is 0.454. The Morgan fingerprint density at radius 1 is 1.50 bits per heavy atom. The minimum atomic E-state index is 0.454. The van der Waals surface area contributed by atoms with E-state index in [1.54, 1.807) is 11.3 Å². The van der Waals surface area contributed by atoms with Crippen LogP contribution in [-0.4, -0.2) is 43.8 Å². The van der Waals surface area contributed by atoms with E-state index in [1.807, 2.05) is 12.1 Å². The molecule has 1 N–H and O–H groups in total. The van der Waals surface area contributed by atoms with Gasteiger partial charge in [-0.15, -0.1) is 11.3 Å². The van der Waals surface area contributed by atoms with Crippen LogP contribution in [0.2, 0.25) is 0 Å². The van der Waals surface area contributed by atoms with E-state index in [9.17, 15) is 0 Å². The van der Waals surface area contributed by atoms with E-state index in [4.69, 9.17) is 10.00 Å². The van der Waals surface area contributed by atoms with Gasteiger partial charge < -0.3 is 10.1 Å². The molecule has 0 amide bonds. The Morgan fingerprint density at radius 2 is 2.28 bits per heavy atom. The van der Waals surface area contributed by atoms with Gasteiger partial charge in [-0.05, 0) is 19.1 Å². The number of nitrogens with zero attached hydrogens (tertiary/aromatic N) is 2. The largest absolute Gasteiger partial charge is 0.379 e. The van der Waals surface area contributed by atoms with Crippen molar-refractivity contribution in [1.82, 2.24) is 10.2 Å². The highest BCUT2D eigenvalue weighted by Crippen LogP contribution is 2.15. The van der Waals surface area contributed by atoms with Crippen LogP contribution in [0.25, 0.3) is 0 Å². The zero-order valence-electron chi connectivity index (χ0n) is 10.7. The molecule has 2 heterocycles. The molecule has 18 heavy (non-hydrogen) atoms. The number of thiophene rings is 1.